The molecular weight excluding hydrogens is 1100 g/mol. The van der Waals surface area contributed by atoms with Crippen LogP contribution < -0.4 is 5.32 Å². The van der Waals surface area contributed by atoms with E-state index in [1.54, 1.807) is 0 Å². The average Bonchev–Trinajstić information content (AvgIpc) is 3.01. The summed E-state index contributed by atoms with van der Waals surface area (Å²) in [5, 5.41) is 72.6. The van der Waals surface area contributed by atoms with Gasteiger partial charge in [-0.25, -0.2) is 4.79 Å². The van der Waals surface area contributed by atoms with E-state index in [1.165, 1.54) is 39.8 Å². The molecule has 274 valence electrons. The van der Waals surface area contributed by atoms with Crippen LogP contribution in [0.2, 0.25) is 0 Å². The Morgan fingerprint density at radius 2 is 1.65 bits per heavy atom. The molecule has 2 saturated carbocycles. The van der Waals surface area contributed by atoms with Crippen LogP contribution in [0, 0.1) is 115 Å². The Morgan fingerprint density at radius 3 is 2.14 bits per heavy atom. The Labute approximate surface area is 365 Å². The van der Waals surface area contributed by atoms with Gasteiger partial charge in [-0.3, -0.25) is 24.5 Å². The Kier molecular flexibility index (Phi) is 13.7. The number of fused-ring (bicyclic) bond motifs is 5. The number of hydrogen-bond acceptors (Lipinski definition) is 14. The van der Waals surface area contributed by atoms with E-state index in [2.05, 4.69) is 5.32 Å². The summed E-state index contributed by atoms with van der Waals surface area (Å²) in [5.41, 5.74) is -7.75. The average molecular weight is 1140 g/mol. The number of non-ortho nitro benzene ring substituents is 1. The number of ketones is 1. The molecular formula is C33H42Ac2N2O14. The number of nitrogens with zero attached hydrogens (tertiary/aromatic N) is 1. The third-order valence-electron chi connectivity index (χ3n) is 11.3. The first-order chi connectivity index (χ1) is 22.6. The molecule has 11 atom stereocenters. The fourth-order valence-electron chi connectivity index (χ4n) is 8.51. The summed E-state index contributed by atoms with van der Waals surface area (Å²) >= 11 is 0. The van der Waals surface area contributed by atoms with E-state index in [1.807, 2.05) is 0 Å². The van der Waals surface area contributed by atoms with Crippen molar-refractivity contribution in [3.8, 4) is 0 Å². The molecule has 6 N–H and O–H groups in total. The fraction of sp³-hybridized carbons (Fsp3) is 0.636. The number of carbonyl (C=O) groups excluding carboxylic acids is 4. The van der Waals surface area contributed by atoms with Gasteiger partial charge in [0.25, 0.3) is 5.69 Å². The molecule has 1 aromatic rings. The van der Waals surface area contributed by atoms with E-state index >= 15 is 0 Å². The van der Waals surface area contributed by atoms with Crippen molar-refractivity contribution in [3.05, 3.63) is 51.1 Å². The third kappa shape index (κ3) is 7.18. The number of aliphatic hydroxyl groups is 5. The summed E-state index contributed by atoms with van der Waals surface area (Å²) in [6, 6.07) is 3.31. The van der Waals surface area contributed by atoms with Crippen LogP contribution in [-0.2, 0) is 33.4 Å². The molecule has 0 spiro atoms. The molecule has 5 rings (SSSR count). The molecule has 3 fully saturated rings. The Morgan fingerprint density at radius 1 is 1.06 bits per heavy atom. The maximum Gasteiger partial charge on any atom is 0.338 e. The predicted molar refractivity (Wildman–Crippen MR) is 165 cm³/mol. The van der Waals surface area contributed by atoms with Crippen LogP contribution in [0.4, 0.5) is 5.69 Å². The molecule has 1 amide bonds. The van der Waals surface area contributed by atoms with Crippen LogP contribution in [0.3, 0.4) is 0 Å². The number of Topliss-reactive ketones (excluding diaryl/α,β-unsaturated/α-hetero) is 1. The maximum absolute atomic E-state index is 14.4. The van der Waals surface area contributed by atoms with Crippen LogP contribution in [-0.4, -0.2) is 109 Å². The molecule has 16 nitrogen and oxygen atoms in total. The second-order valence-electron chi connectivity index (χ2n) is 14.3. The first kappa shape index (κ1) is 44.5. The first-order valence-corrected chi connectivity index (χ1v) is 15.9. The summed E-state index contributed by atoms with van der Waals surface area (Å²) in [7, 11) is 0. The van der Waals surface area contributed by atoms with E-state index in [-0.39, 0.29) is 124 Å². The van der Waals surface area contributed by atoms with E-state index in [9.17, 15) is 54.8 Å². The monoisotopic (exact) mass is 1140 g/mol. The van der Waals surface area contributed by atoms with Crippen molar-refractivity contribution in [1.29, 1.82) is 0 Å². The summed E-state index contributed by atoms with van der Waals surface area (Å²) < 4.78 is 17.0. The zero-order valence-corrected chi connectivity index (χ0v) is 38.6. The first-order valence-electron chi connectivity index (χ1n) is 15.9. The number of amides is 1. The summed E-state index contributed by atoms with van der Waals surface area (Å²) in [5.74, 6) is -5.24. The third-order valence-corrected chi connectivity index (χ3v) is 11.3. The molecule has 2 radical (unpaired) electrons. The van der Waals surface area contributed by atoms with E-state index in [4.69, 9.17) is 14.2 Å². The molecule has 3 aliphatic carbocycles. The molecule has 1 aliphatic heterocycles. The van der Waals surface area contributed by atoms with Gasteiger partial charge in [0.1, 0.15) is 29.5 Å². The largest absolute Gasteiger partial charge is 0.459 e. The molecule has 1 aromatic carbocycles. The molecule has 1 saturated heterocycles. The van der Waals surface area contributed by atoms with Gasteiger partial charge in [0.05, 0.1) is 35.2 Å². The number of benzene rings is 1. The normalized spacial score (nSPS) is 36.1. The molecule has 1 unspecified atom stereocenters. The minimum absolute atomic E-state index is 0. The molecule has 18 heteroatoms. The second kappa shape index (κ2) is 15.7. The minimum atomic E-state index is -2.28. The summed E-state index contributed by atoms with van der Waals surface area (Å²) in [4.78, 5) is 63.2. The van der Waals surface area contributed by atoms with Crippen molar-refractivity contribution in [2.24, 2.45) is 16.7 Å². The van der Waals surface area contributed by atoms with E-state index < -0.39 is 106 Å². The zero-order chi connectivity index (χ0) is 36.6. The van der Waals surface area contributed by atoms with Gasteiger partial charge in [0.2, 0.25) is 5.91 Å². The van der Waals surface area contributed by atoms with Crippen molar-refractivity contribution in [2.45, 2.75) is 108 Å². The quantitative estimate of drug-likeness (QED) is 0.0905. The number of carbonyl (C=O) groups is 4. The van der Waals surface area contributed by atoms with Crippen molar-refractivity contribution in [2.75, 3.05) is 6.61 Å². The molecule has 4 aliphatic rings. The van der Waals surface area contributed by atoms with Gasteiger partial charge in [-0.1, -0.05) is 26.0 Å². The molecule has 51 heavy (non-hydrogen) atoms. The zero-order valence-electron chi connectivity index (χ0n) is 29.1. The van der Waals surface area contributed by atoms with Crippen molar-refractivity contribution < 1.29 is 152 Å². The topological polar surface area (TPSA) is 252 Å². The Balaban J connectivity index is 0.00000351. The predicted octanol–water partition coefficient (Wildman–Crippen LogP) is -0.0855. The van der Waals surface area contributed by atoms with Gasteiger partial charge >= 0.3 is 11.9 Å². The maximum atomic E-state index is 14.4. The Bertz CT molecular complexity index is 1620. The second-order valence-corrected chi connectivity index (χ2v) is 14.3. The number of nitrogens with one attached hydrogen (secondary N) is 1. The SMILES string of the molecule is CC(=O)N[C@@H](c1ccc([N+](=O)[O-])cc1)[C@@H](O)C(=O)OC1C[C@@]2(O)[C@@H](OC(C)=O)[C@@H]3[C@]4(O)CO[C@@H]4C[C@H](O)[C@@]3(C)C(=O)[C@H](O)C(=C1C)C2(C)C.[Ac].[Ac]. The number of aliphatic hydroxyl groups excluding tert-OH is 3. The summed E-state index contributed by atoms with van der Waals surface area (Å²) in [6.45, 7) is 7.71. The van der Waals surface area contributed by atoms with E-state index in [0.29, 0.717) is 0 Å². The number of nitro benzene ring substituents is 1. The minimum Gasteiger partial charge on any atom is -0.459 e. The summed E-state index contributed by atoms with van der Waals surface area (Å²) in [6.07, 6.45) is -10.4. The number of hydrogen-bond donors (Lipinski definition) is 6. The van der Waals surface area contributed by atoms with Crippen LogP contribution in [0.15, 0.2) is 35.4 Å². The number of nitro groups is 1. The van der Waals surface area contributed by atoms with Gasteiger partial charge in [-0.05, 0) is 30.6 Å². The van der Waals surface area contributed by atoms with Crippen LogP contribution in [0.1, 0.15) is 66.0 Å². The number of esters is 2. The van der Waals surface area contributed by atoms with Gasteiger partial charge in [0.15, 0.2) is 11.9 Å². The van der Waals surface area contributed by atoms with Crippen LogP contribution >= 0.6 is 0 Å². The Hall–Kier alpha value is -0.917. The van der Waals surface area contributed by atoms with Crippen molar-refractivity contribution in [1.82, 2.24) is 5.32 Å². The van der Waals surface area contributed by atoms with Crippen molar-refractivity contribution >= 4 is 29.3 Å². The molecule has 0 aromatic heterocycles. The number of rotatable bonds is 7. The van der Waals surface area contributed by atoms with Gasteiger partial charge in [-0.15, -0.1) is 0 Å². The van der Waals surface area contributed by atoms with Crippen LogP contribution in [0.5, 0.6) is 0 Å². The van der Waals surface area contributed by atoms with E-state index in [0.717, 1.165) is 26.0 Å². The number of ether oxygens (including phenoxy) is 3. The van der Waals surface area contributed by atoms with Gasteiger partial charge in [0, 0.05) is 138 Å². The fourth-order valence-corrected chi connectivity index (χ4v) is 8.51. The standard InChI is InChI=1S/C33H42N2O14.2Ac/c1-14-19(49-29(42)25(40)23(34-15(2)36)17-7-9-18(10-8-17)35(45)46)12-33(44)28(48-16(3)37)26-31(6,20(38)11-21-32(26,43)13-47-21)27(41)24(39)22(14)30(33,4)5;;/h7-10,19-21,23-26,28,38-40,43-44H,11-13H2,1-6H3,(H,34,36);;/t19?,20-,21+,23-,24+,25+,26-,28-,31+,32-,33+;;/m0../s1. The molecule has 2 bridgehead atoms. The van der Waals surface area contributed by atoms with Crippen molar-refractivity contribution in [3.63, 3.8) is 0 Å². The van der Waals surface area contributed by atoms with Gasteiger partial charge in [-0.2, -0.15) is 0 Å². The van der Waals surface area contributed by atoms with Gasteiger partial charge < -0.3 is 45.1 Å². The molecule has 1 heterocycles. The smallest absolute Gasteiger partial charge is 0.338 e. The van der Waals surface area contributed by atoms with Crippen LogP contribution in [0.25, 0.3) is 0 Å².